The Bertz CT molecular complexity index is 1070. The first-order valence-corrected chi connectivity index (χ1v) is 9.81. The van der Waals surface area contributed by atoms with Crippen LogP contribution in [-0.2, 0) is 9.59 Å². The Morgan fingerprint density at radius 2 is 1.90 bits per heavy atom. The first kappa shape index (κ1) is 21.6. The molecule has 3 rings (SSSR count). The Kier molecular flexibility index (Phi) is 6.59. The van der Waals surface area contributed by atoms with Gasteiger partial charge in [0.1, 0.15) is 12.2 Å². The molecule has 0 spiro atoms. The van der Waals surface area contributed by atoms with E-state index in [9.17, 15) is 14.4 Å². The number of carbonyl (C=O) groups is 3. The number of carbonyl (C=O) groups excluding carboxylic acids is 3. The van der Waals surface area contributed by atoms with Gasteiger partial charge in [0.2, 0.25) is 0 Å². The number of ether oxygens (including phenoxy) is 2. The van der Waals surface area contributed by atoms with Crippen LogP contribution in [0, 0.1) is 0 Å². The van der Waals surface area contributed by atoms with Crippen molar-refractivity contribution in [3.05, 3.63) is 69.7 Å². The molecule has 0 aromatic heterocycles. The van der Waals surface area contributed by atoms with Crippen LogP contribution in [0.15, 0.2) is 59.1 Å². The van der Waals surface area contributed by atoms with Crippen molar-refractivity contribution in [2.45, 2.75) is 0 Å². The molecule has 30 heavy (non-hydrogen) atoms. The Hall–Kier alpha value is -3.10. The highest BCUT2D eigenvalue weighted by Gasteiger charge is 2.36. The van der Waals surface area contributed by atoms with E-state index in [0.717, 1.165) is 4.90 Å². The van der Waals surface area contributed by atoms with Crippen LogP contribution in [0.1, 0.15) is 5.56 Å². The number of amides is 4. The summed E-state index contributed by atoms with van der Waals surface area (Å²) < 4.78 is 11.5. The maximum absolute atomic E-state index is 12.9. The average molecular weight is 492 g/mol. The quantitative estimate of drug-likeness (QED) is 0.369. The highest BCUT2D eigenvalue weighted by molar-refractivity contribution is 9.10. The molecule has 1 fully saturated rings. The maximum atomic E-state index is 12.9. The van der Waals surface area contributed by atoms with E-state index in [4.69, 9.17) is 21.1 Å². The monoisotopic (exact) mass is 490 g/mol. The largest absolute Gasteiger partial charge is 0.493 e. The Labute approximate surface area is 186 Å². The molecule has 1 aliphatic rings. The van der Waals surface area contributed by atoms with E-state index in [-0.39, 0.29) is 17.9 Å². The Morgan fingerprint density at radius 1 is 1.20 bits per heavy atom. The van der Waals surface area contributed by atoms with E-state index in [1.807, 2.05) is 0 Å². The number of benzene rings is 2. The van der Waals surface area contributed by atoms with Gasteiger partial charge in [0.05, 0.1) is 17.3 Å². The molecule has 7 nitrogen and oxygen atoms in total. The van der Waals surface area contributed by atoms with Gasteiger partial charge in [0.25, 0.3) is 11.8 Å². The van der Waals surface area contributed by atoms with Crippen molar-refractivity contribution in [1.29, 1.82) is 0 Å². The van der Waals surface area contributed by atoms with Gasteiger partial charge in [-0.15, -0.1) is 0 Å². The summed E-state index contributed by atoms with van der Waals surface area (Å²) in [6.45, 7) is 3.88. The molecule has 1 heterocycles. The summed E-state index contributed by atoms with van der Waals surface area (Å²) >= 11 is 9.27. The first-order chi connectivity index (χ1) is 14.3. The predicted octanol–water partition coefficient (Wildman–Crippen LogP) is 4.34. The zero-order valence-electron chi connectivity index (χ0n) is 15.8. The fourth-order valence-electron chi connectivity index (χ4n) is 2.75. The van der Waals surface area contributed by atoms with Crippen LogP contribution in [0.4, 0.5) is 10.5 Å². The lowest BCUT2D eigenvalue weighted by Crippen LogP contribution is -2.54. The lowest BCUT2D eigenvalue weighted by atomic mass is 10.1. The van der Waals surface area contributed by atoms with Gasteiger partial charge in [-0.05, 0) is 64.0 Å². The van der Waals surface area contributed by atoms with Crippen LogP contribution in [0.2, 0.25) is 5.02 Å². The van der Waals surface area contributed by atoms with Crippen molar-refractivity contribution in [2.24, 2.45) is 0 Å². The minimum atomic E-state index is -0.837. The third-order valence-corrected chi connectivity index (χ3v) is 4.94. The predicted molar refractivity (Wildman–Crippen MR) is 117 cm³/mol. The number of barbiturate groups is 1. The van der Waals surface area contributed by atoms with E-state index in [1.165, 1.54) is 25.3 Å². The summed E-state index contributed by atoms with van der Waals surface area (Å²) in [6.07, 6.45) is 2.97. The Morgan fingerprint density at radius 3 is 2.53 bits per heavy atom. The van der Waals surface area contributed by atoms with Crippen molar-refractivity contribution in [2.75, 3.05) is 18.6 Å². The molecule has 0 atom stereocenters. The van der Waals surface area contributed by atoms with Crippen molar-refractivity contribution in [3.63, 3.8) is 0 Å². The van der Waals surface area contributed by atoms with E-state index < -0.39 is 17.8 Å². The van der Waals surface area contributed by atoms with Crippen LogP contribution in [0.25, 0.3) is 6.08 Å². The van der Waals surface area contributed by atoms with E-state index >= 15 is 0 Å². The van der Waals surface area contributed by atoms with Crippen LogP contribution in [0.3, 0.4) is 0 Å². The third kappa shape index (κ3) is 4.39. The molecule has 0 aliphatic carbocycles. The molecule has 2 aromatic carbocycles. The number of rotatable bonds is 6. The second kappa shape index (κ2) is 9.15. The summed E-state index contributed by atoms with van der Waals surface area (Å²) in [5.74, 6) is -0.699. The summed E-state index contributed by atoms with van der Waals surface area (Å²) in [4.78, 5) is 38.4. The van der Waals surface area contributed by atoms with Crippen molar-refractivity contribution in [1.82, 2.24) is 5.32 Å². The molecule has 1 N–H and O–H groups in total. The molecule has 1 saturated heterocycles. The van der Waals surface area contributed by atoms with E-state index in [2.05, 4.69) is 27.8 Å². The number of urea groups is 1. The summed E-state index contributed by atoms with van der Waals surface area (Å²) in [5, 5.41) is 2.62. The van der Waals surface area contributed by atoms with Crippen molar-refractivity contribution < 1.29 is 23.9 Å². The average Bonchev–Trinajstić information content (AvgIpc) is 2.71. The second-order valence-electron chi connectivity index (χ2n) is 6.07. The van der Waals surface area contributed by atoms with Gasteiger partial charge < -0.3 is 9.47 Å². The number of nitrogens with one attached hydrogen (secondary N) is 1. The van der Waals surface area contributed by atoms with Gasteiger partial charge >= 0.3 is 6.03 Å². The molecular formula is C21H16BrClN2O5. The third-order valence-electron chi connectivity index (χ3n) is 4.09. The van der Waals surface area contributed by atoms with Gasteiger partial charge in [-0.2, -0.15) is 0 Å². The normalized spacial score (nSPS) is 15.2. The number of nitrogens with zero attached hydrogens (tertiary/aromatic N) is 1. The van der Waals surface area contributed by atoms with Crippen LogP contribution >= 0.6 is 27.5 Å². The fourth-order valence-corrected chi connectivity index (χ4v) is 3.45. The van der Waals surface area contributed by atoms with Crippen molar-refractivity contribution >= 4 is 57.1 Å². The summed E-state index contributed by atoms with van der Waals surface area (Å²) in [7, 11) is 1.47. The lowest BCUT2D eigenvalue weighted by molar-refractivity contribution is -0.122. The smallest absolute Gasteiger partial charge is 0.335 e. The zero-order chi connectivity index (χ0) is 21.8. The van der Waals surface area contributed by atoms with E-state index in [1.54, 1.807) is 30.3 Å². The number of hydrogen-bond donors (Lipinski definition) is 1. The molecule has 154 valence electrons. The van der Waals surface area contributed by atoms with Gasteiger partial charge in [0, 0.05) is 5.02 Å². The fraction of sp³-hybridized carbons (Fsp3) is 0.0952. The molecule has 0 unspecified atom stereocenters. The topological polar surface area (TPSA) is 84.9 Å². The molecule has 9 heteroatoms. The zero-order valence-corrected chi connectivity index (χ0v) is 18.1. The van der Waals surface area contributed by atoms with Gasteiger partial charge in [0.15, 0.2) is 11.5 Å². The second-order valence-corrected chi connectivity index (χ2v) is 7.36. The lowest BCUT2D eigenvalue weighted by Gasteiger charge is -2.26. The SMILES string of the molecule is C=CCOc1c(Br)cc(C=C2C(=O)NC(=O)N(c3ccc(Cl)cc3)C2=O)cc1OC. The molecule has 1 aliphatic heterocycles. The summed E-state index contributed by atoms with van der Waals surface area (Å²) in [6, 6.07) is 8.55. The van der Waals surface area contributed by atoms with Crippen LogP contribution in [-0.4, -0.2) is 31.6 Å². The van der Waals surface area contributed by atoms with Crippen LogP contribution in [0.5, 0.6) is 11.5 Å². The minimum absolute atomic E-state index is 0.210. The molecule has 0 radical (unpaired) electrons. The van der Waals surface area contributed by atoms with Gasteiger partial charge in [-0.1, -0.05) is 24.3 Å². The van der Waals surface area contributed by atoms with Crippen molar-refractivity contribution in [3.8, 4) is 11.5 Å². The number of anilines is 1. The highest BCUT2D eigenvalue weighted by Crippen LogP contribution is 2.37. The van der Waals surface area contributed by atoms with Gasteiger partial charge in [-0.25, -0.2) is 9.69 Å². The number of hydrogen-bond acceptors (Lipinski definition) is 5. The number of halogens is 2. The Balaban J connectivity index is 2.01. The summed E-state index contributed by atoms with van der Waals surface area (Å²) in [5.41, 5.74) is 0.569. The molecular weight excluding hydrogens is 476 g/mol. The molecule has 4 amide bonds. The highest BCUT2D eigenvalue weighted by atomic mass is 79.9. The van der Waals surface area contributed by atoms with Crippen LogP contribution < -0.4 is 19.7 Å². The molecule has 0 saturated carbocycles. The maximum Gasteiger partial charge on any atom is 0.335 e. The molecule has 0 bridgehead atoms. The number of methoxy groups -OCH3 is 1. The number of imide groups is 2. The minimum Gasteiger partial charge on any atom is -0.493 e. The first-order valence-electron chi connectivity index (χ1n) is 8.64. The van der Waals surface area contributed by atoms with Gasteiger partial charge in [-0.3, -0.25) is 14.9 Å². The van der Waals surface area contributed by atoms with E-state index in [0.29, 0.717) is 26.6 Å². The standard InChI is InChI=1S/C21H16BrClN2O5/c1-3-8-30-18-16(22)10-12(11-17(18)29-2)9-15-19(26)24-21(28)25(20(15)27)14-6-4-13(23)5-7-14/h3-7,9-11H,1,8H2,2H3,(H,24,26,28). The molecule has 2 aromatic rings.